The fourth-order valence-electron chi connectivity index (χ4n) is 9.00. The molecule has 0 aromatic heterocycles. The number of amides is 1. The first-order valence-corrected chi connectivity index (χ1v) is 28.4. The van der Waals surface area contributed by atoms with Gasteiger partial charge in [0.15, 0.2) is 6.29 Å². The second-order valence-corrected chi connectivity index (χ2v) is 20.0. The van der Waals surface area contributed by atoms with Crippen LogP contribution in [0.25, 0.3) is 0 Å². The van der Waals surface area contributed by atoms with Crippen molar-refractivity contribution in [2.45, 2.75) is 306 Å². The van der Waals surface area contributed by atoms with Gasteiger partial charge in [0, 0.05) is 0 Å². The second-order valence-electron chi connectivity index (χ2n) is 20.0. The van der Waals surface area contributed by atoms with Gasteiger partial charge in [-0.2, -0.15) is 0 Å². The van der Waals surface area contributed by atoms with E-state index in [9.17, 15) is 40.5 Å². The normalized spacial score (nSPS) is 20.8. The first-order chi connectivity index (χ1) is 33.2. The molecule has 68 heavy (non-hydrogen) atoms. The first kappa shape index (κ1) is 64.3. The Kier molecular flexibility index (Phi) is 43.9. The van der Waals surface area contributed by atoms with Crippen molar-refractivity contribution in [3.05, 3.63) is 36.5 Å². The van der Waals surface area contributed by atoms with E-state index in [-0.39, 0.29) is 12.8 Å². The summed E-state index contributed by atoms with van der Waals surface area (Å²) >= 11 is 0. The van der Waals surface area contributed by atoms with Crippen LogP contribution in [0.4, 0.5) is 0 Å². The van der Waals surface area contributed by atoms with E-state index in [1.807, 2.05) is 0 Å². The Hall–Kier alpha value is -1.67. The molecule has 9 unspecified atom stereocenters. The Labute approximate surface area is 416 Å². The predicted octanol–water partition coefficient (Wildman–Crippen LogP) is 11.5. The van der Waals surface area contributed by atoms with E-state index in [4.69, 9.17) is 9.47 Å². The fraction of sp³-hybridized carbons (Fsp3) is 0.877. The molecule has 1 rings (SSSR count). The van der Waals surface area contributed by atoms with E-state index in [0.29, 0.717) is 19.3 Å². The van der Waals surface area contributed by atoms with Crippen molar-refractivity contribution in [3.63, 3.8) is 0 Å². The molecule has 1 fully saturated rings. The van der Waals surface area contributed by atoms with E-state index in [0.717, 1.165) is 44.9 Å². The second kappa shape index (κ2) is 46.4. The Balaban J connectivity index is 2.26. The van der Waals surface area contributed by atoms with E-state index < -0.39 is 74.2 Å². The molecule has 0 spiro atoms. The van der Waals surface area contributed by atoms with Gasteiger partial charge >= 0.3 is 0 Å². The van der Waals surface area contributed by atoms with Crippen molar-refractivity contribution in [2.75, 3.05) is 13.2 Å². The number of aliphatic hydroxyl groups excluding tert-OH is 7. The van der Waals surface area contributed by atoms with Crippen molar-refractivity contribution in [2.24, 2.45) is 0 Å². The number of rotatable bonds is 48. The van der Waals surface area contributed by atoms with Crippen LogP contribution in [0.3, 0.4) is 0 Å². The third-order valence-electron chi connectivity index (χ3n) is 13.7. The fourth-order valence-corrected chi connectivity index (χ4v) is 9.00. The Morgan fingerprint density at radius 3 is 1.31 bits per heavy atom. The topological polar surface area (TPSA) is 189 Å². The van der Waals surface area contributed by atoms with Gasteiger partial charge in [0.1, 0.15) is 36.6 Å². The van der Waals surface area contributed by atoms with E-state index >= 15 is 0 Å². The average molecular weight is 966 g/mol. The largest absolute Gasteiger partial charge is 0.394 e. The Morgan fingerprint density at radius 2 is 0.882 bits per heavy atom. The number of ether oxygens (including phenoxy) is 2. The van der Waals surface area contributed by atoms with Crippen LogP contribution in [0.5, 0.6) is 0 Å². The van der Waals surface area contributed by atoms with Crippen LogP contribution < -0.4 is 5.32 Å². The van der Waals surface area contributed by atoms with Gasteiger partial charge < -0.3 is 50.5 Å². The lowest BCUT2D eigenvalue weighted by Gasteiger charge is -2.40. The molecule has 0 aromatic rings. The third-order valence-corrected chi connectivity index (χ3v) is 13.7. The van der Waals surface area contributed by atoms with Crippen molar-refractivity contribution >= 4 is 5.91 Å². The van der Waals surface area contributed by atoms with Crippen molar-refractivity contribution in [3.8, 4) is 0 Å². The highest BCUT2D eigenvalue weighted by molar-refractivity contribution is 5.80. The summed E-state index contributed by atoms with van der Waals surface area (Å²) in [6.07, 6.45) is 45.2. The molecular formula is C57H107NO10. The minimum absolute atomic E-state index is 0.242. The molecule has 1 aliphatic heterocycles. The molecule has 9 atom stereocenters. The van der Waals surface area contributed by atoms with Gasteiger partial charge in [-0.05, 0) is 64.2 Å². The van der Waals surface area contributed by atoms with Gasteiger partial charge in [-0.3, -0.25) is 4.79 Å². The number of unbranched alkanes of at least 4 members (excludes halogenated alkanes) is 30. The zero-order valence-electron chi connectivity index (χ0n) is 43.6. The Bertz CT molecular complexity index is 1200. The van der Waals surface area contributed by atoms with E-state index in [1.165, 1.54) is 161 Å². The summed E-state index contributed by atoms with van der Waals surface area (Å²) in [6.45, 7) is 3.41. The van der Waals surface area contributed by atoms with E-state index in [1.54, 1.807) is 0 Å². The summed E-state index contributed by atoms with van der Waals surface area (Å²) in [4.78, 5) is 13.1. The van der Waals surface area contributed by atoms with Gasteiger partial charge in [0.25, 0.3) is 0 Å². The lowest BCUT2D eigenvalue weighted by Crippen LogP contribution is -2.60. The number of carbonyl (C=O) groups excluding carboxylic acids is 1. The number of carbonyl (C=O) groups is 1. The maximum Gasteiger partial charge on any atom is 0.249 e. The molecule has 8 N–H and O–H groups in total. The molecule has 1 heterocycles. The highest BCUT2D eigenvalue weighted by Gasteiger charge is 2.44. The quantitative estimate of drug-likeness (QED) is 0.0215. The number of aliphatic hydroxyl groups is 7. The third kappa shape index (κ3) is 34.6. The number of nitrogens with one attached hydrogen (secondary N) is 1. The molecule has 400 valence electrons. The van der Waals surface area contributed by atoms with Crippen LogP contribution in [-0.4, -0.2) is 110 Å². The summed E-state index contributed by atoms with van der Waals surface area (Å²) in [5, 5.41) is 75.8. The lowest BCUT2D eigenvalue weighted by atomic mass is 9.98. The van der Waals surface area contributed by atoms with Crippen molar-refractivity contribution in [1.82, 2.24) is 5.32 Å². The maximum absolute atomic E-state index is 13.1. The van der Waals surface area contributed by atoms with Crippen molar-refractivity contribution < 1.29 is 50.0 Å². The molecule has 1 amide bonds. The molecule has 11 heteroatoms. The maximum atomic E-state index is 13.1. The number of hydrogen-bond acceptors (Lipinski definition) is 10. The predicted molar refractivity (Wildman–Crippen MR) is 279 cm³/mol. The summed E-state index contributed by atoms with van der Waals surface area (Å²) < 4.78 is 11.1. The summed E-state index contributed by atoms with van der Waals surface area (Å²) in [5.41, 5.74) is 0. The van der Waals surface area contributed by atoms with Gasteiger partial charge in [0.05, 0.1) is 25.4 Å². The van der Waals surface area contributed by atoms with Crippen LogP contribution in [0.15, 0.2) is 36.5 Å². The van der Waals surface area contributed by atoms with Crippen molar-refractivity contribution in [1.29, 1.82) is 0 Å². The minimum atomic E-state index is -1.67. The molecule has 0 radical (unpaired) electrons. The zero-order chi connectivity index (χ0) is 49.7. The van der Waals surface area contributed by atoms with Crippen LogP contribution in [0.1, 0.15) is 251 Å². The highest BCUT2D eigenvalue weighted by atomic mass is 16.7. The van der Waals surface area contributed by atoms with Gasteiger partial charge in [-0.1, -0.05) is 224 Å². The molecule has 0 bridgehead atoms. The van der Waals surface area contributed by atoms with Gasteiger partial charge in [-0.15, -0.1) is 0 Å². The zero-order valence-corrected chi connectivity index (χ0v) is 43.6. The van der Waals surface area contributed by atoms with Crippen LogP contribution in [0.2, 0.25) is 0 Å². The highest BCUT2D eigenvalue weighted by Crippen LogP contribution is 2.23. The summed E-state index contributed by atoms with van der Waals surface area (Å²) in [7, 11) is 0. The van der Waals surface area contributed by atoms with E-state index in [2.05, 4.69) is 55.6 Å². The molecule has 0 saturated carbocycles. The lowest BCUT2D eigenvalue weighted by molar-refractivity contribution is -0.303. The average Bonchev–Trinajstić information content (AvgIpc) is 3.34. The molecule has 1 saturated heterocycles. The van der Waals surface area contributed by atoms with Gasteiger partial charge in [-0.25, -0.2) is 0 Å². The molecule has 0 aromatic carbocycles. The summed E-state index contributed by atoms with van der Waals surface area (Å²) in [5.74, 6) is -0.714. The standard InChI is InChI=1S/C57H107NO10/c1-3-5-7-9-11-13-15-16-17-18-19-20-21-22-23-24-25-26-27-28-29-30-31-32-33-34-35-37-38-40-42-44-49(60)52(62)48(47-67-57-55(65)54(64)53(63)51(46-59)68-57)58-56(66)50(61)45-43-41-39-36-14-12-10-8-6-4-2/h28-29,32-33,37-38,48-55,57,59-65H,3-27,30-31,34-36,39-47H2,1-2H3,(H,58,66)/b29-28+,33-32+,38-37+. The van der Waals surface area contributed by atoms with Gasteiger partial charge in [0.2, 0.25) is 5.91 Å². The molecule has 11 nitrogen and oxygen atoms in total. The molecule has 1 aliphatic rings. The Morgan fingerprint density at radius 1 is 0.500 bits per heavy atom. The first-order valence-electron chi connectivity index (χ1n) is 28.4. The van der Waals surface area contributed by atoms with Crippen LogP contribution >= 0.6 is 0 Å². The smallest absolute Gasteiger partial charge is 0.249 e. The monoisotopic (exact) mass is 966 g/mol. The SMILES string of the molecule is CCCCCCCCCCCCCCCCCCCC/C=C/CC/C=C/CC/C=C/CCCC(O)C(O)C(COC1OC(CO)C(O)C(O)C1O)NC(=O)C(O)CCCCCCCCCCCC. The van der Waals surface area contributed by atoms with Crippen LogP contribution in [0, 0.1) is 0 Å². The number of allylic oxidation sites excluding steroid dienone is 6. The molecular weight excluding hydrogens is 859 g/mol. The van der Waals surface area contributed by atoms with Crippen LogP contribution in [-0.2, 0) is 14.3 Å². The summed E-state index contributed by atoms with van der Waals surface area (Å²) in [6, 6.07) is -1.19. The minimum Gasteiger partial charge on any atom is -0.394 e. The molecule has 0 aliphatic carbocycles. The number of hydrogen-bond donors (Lipinski definition) is 8.